The standard InChI is InChI=1S/C13H21NO2S/c1-9(2)6-12(13(15)16)8-14-7-11-4-5-17-10(11)3/h4-5,9,12,14H,6-8H2,1-3H3,(H,15,16). The summed E-state index contributed by atoms with van der Waals surface area (Å²) in [4.78, 5) is 12.4. The van der Waals surface area contributed by atoms with Crippen LogP contribution in [0, 0.1) is 18.8 Å². The van der Waals surface area contributed by atoms with Crippen LogP contribution in [0.5, 0.6) is 0 Å². The molecule has 1 rings (SSSR count). The molecule has 1 unspecified atom stereocenters. The zero-order chi connectivity index (χ0) is 12.8. The lowest BCUT2D eigenvalue weighted by molar-refractivity contribution is -0.142. The van der Waals surface area contributed by atoms with E-state index in [0.717, 1.165) is 13.0 Å². The fourth-order valence-electron chi connectivity index (χ4n) is 1.82. The zero-order valence-electron chi connectivity index (χ0n) is 10.7. The molecule has 2 N–H and O–H groups in total. The van der Waals surface area contributed by atoms with Crippen molar-refractivity contribution in [2.45, 2.75) is 33.7 Å². The Morgan fingerprint density at radius 1 is 1.53 bits per heavy atom. The predicted octanol–water partition coefficient (Wildman–Crippen LogP) is 2.89. The molecule has 17 heavy (non-hydrogen) atoms. The Balaban J connectivity index is 2.37. The molecule has 0 fully saturated rings. The molecule has 0 aromatic carbocycles. The Bertz CT molecular complexity index is 360. The van der Waals surface area contributed by atoms with E-state index >= 15 is 0 Å². The number of carboxylic acids is 1. The zero-order valence-corrected chi connectivity index (χ0v) is 11.5. The number of carbonyl (C=O) groups is 1. The SMILES string of the molecule is Cc1sccc1CNCC(CC(C)C)C(=O)O. The van der Waals surface area contributed by atoms with E-state index in [4.69, 9.17) is 5.11 Å². The van der Waals surface area contributed by atoms with Gasteiger partial charge >= 0.3 is 5.97 Å². The second kappa shape index (κ2) is 6.77. The highest BCUT2D eigenvalue weighted by atomic mass is 32.1. The summed E-state index contributed by atoms with van der Waals surface area (Å²) >= 11 is 1.72. The van der Waals surface area contributed by atoms with Gasteiger partial charge in [-0.15, -0.1) is 11.3 Å². The third kappa shape index (κ3) is 4.88. The Labute approximate surface area is 107 Å². The van der Waals surface area contributed by atoms with Gasteiger partial charge in [0, 0.05) is 18.0 Å². The normalized spacial score (nSPS) is 12.9. The van der Waals surface area contributed by atoms with Crippen LogP contribution in [0.4, 0.5) is 0 Å². The molecular weight excluding hydrogens is 234 g/mol. The molecule has 0 spiro atoms. The number of hydrogen-bond donors (Lipinski definition) is 2. The first-order chi connectivity index (χ1) is 8.00. The molecule has 96 valence electrons. The molecule has 0 aliphatic carbocycles. The first-order valence-corrected chi connectivity index (χ1v) is 6.85. The molecule has 0 aliphatic rings. The van der Waals surface area contributed by atoms with Crippen LogP contribution in [0.25, 0.3) is 0 Å². The van der Waals surface area contributed by atoms with Gasteiger partial charge in [-0.1, -0.05) is 13.8 Å². The number of carboxylic acid groups (broad SMARTS) is 1. The number of rotatable bonds is 7. The number of aryl methyl sites for hydroxylation is 1. The molecule has 0 radical (unpaired) electrons. The maximum Gasteiger partial charge on any atom is 0.307 e. The Hall–Kier alpha value is -0.870. The van der Waals surface area contributed by atoms with Crippen molar-refractivity contribution in [3.05, 3.63) is 21.9 Å². The third-order valence-electron chi connectivity index (χ3n) is 2.78. The second-order valence-corrected chi connectivity index (χ2v) is 5.92. The van der Waals surface area contributed by atoms with E-state index in [9.17, 15) is 4.79 Å². The summed E-state index contributed by atoms with van der Waals surface area (Å²) in [5.74, 6) is -0.567. The first-order valence-electron chi connectivity index (χ1n) is 5.97. The van der Waals surface area contributed by atoms with Crippen LogP contribution >= 0.6 is 11.3 Å². The van der Waals surface area contributed by atoms with Crippen LogP contribution < -0.4 is 5.32 Å². The lowest BCUT2D eigenvalue weighted by Crippen LogP contribution is -2.29. The molecule has 3 nitrogen and oxygen atoms in total. The molecule has 0 aliphatic heterocycles. The van der Waals surface area contributed by atoms with E-state index in [1.807, 2.05) is 0 Å². The van der Waals surface area contributed by atoms with Crippen molar-refractivity contribution in [3.8, 4) is 0 Å². The molecule has 1 heterocycles. The number of nitrogens with one attached hydrogen (secondary N) is 1. The first kappa shape index (κ1) is 14.2. The highest BCUT2D eigenvalue weighted by Crippen LogP contribution is 2.15. The molecule has 0 saturated carbocycles. The van der Waals surface area contributed by atoms with E-state index < -0.39 is 5.97 Å². The van der Waals surface area contributed by atoms with E-state index in [-0.39, 0.29) is 5.92 Å². The fourth-order valence-corrected chi connectivity index (χ4v) is 2.54. The van der Waals surface area contributed by atoms with Gasteiger partial charge in [0.2, 0.25) is 0 Å². The summed E-state index contributed by atoms with van der Waals surface area (Å²) < 4.78 is 0. The largest absolute Gasteiger partial charge is 0.481 e. The molecule has 1 aromatic rings. The van der Waals surface area contributed by atoms with Crippen LogP contribution in [0.15, 0.2) is 11.4 Å². The summed E-state index contributed by atoms with van der Waals surface area (Å²) in [6.45, 7) is 7.50. The van der Waals surface area contributed by atoms with Crippen LogP contribution in [0.1, 0.15) is 30.7 Å². The van der Waals surface area contributed by atoms with Crippen LogP contribution in [0.2, 0.25) is 0 Å². The van der Waals surface area contributed by atoms with Gasteiger partial charge in [-0.2, -0.15) is 0 Å². The van der Waals surface area contributed by atoms with Gasteiger partial charge in [0.1, 0.15) is 0 Å². The average Bonchev–Trinajstić information content (AvgIpc) is 2.62. The molecular formula is C13H21NO2S. The average molecular weight is 255 g/mol. The Morgan fingerprint density at radius 2 is 2.24 bits per heavy atom. The fraction of sp³-hybridized carbons (Fsp3) is 0.615. The van der Waals surface area contributed by atoms with Crippen molar-refractivity contribution in [2.24, 2.45) is 11.8 Å². The van der Waals surface area contributed by atoms with Gasteiger partial charge in [0.05, 0.1) is 5.92 Å². The van der Waals surface area contributed by atoms with Gasteiger partial charge in [-0.25, -0.2) is 0 Å². The Morgan fingerprint density at radius 3 is 2.71 bits per heavy atom. The third-order valence-corrected chi connectivity index (χ3v) is 3.67. The summed E-state index contributed by atoms with van der Waals surface area (Å²) in [5, 5.41) is 14.4. The van der Waals surface area contributed by atoms with Crippen molar-refractivity contribution in [1.29, 1.82) is 0 Å². The van der Waals surface area contributed by atoms with Gasteiger partial charge in [-0.05, 0) is 36.3 Å². The van der Waals surface area contributed by atoms with Crippen molar-refractivity contribution in [2.75, 3.05) is 6.54 Å². The highest BCUT2D eigenvalue weighted by molar-refractivity contribution is 7.10. The minimum absolute atomic E-state index is 0.283. The minimum Gasteiger partial charge on any atom is -0.481 e. The number of aliphatic carboxylic acids is 1. The predicted molar refractivity (Wildman–Crippen MR) is 71.3 cm³/mol. The van der Waals surface area contributed by atoms with E-state index in [1.165, 1.54) is 10.4 Å². The molecule has 4 heteroatoms. The summed E-state index contributed by atoms with van der Waals surface area (Å²) in [7, 11) is 0. The molecule has 0 saturated heterocycles. The Kier molecular flexibility index (Phi) is 5.65. The van der Waals surface area contributed by atoms with Crippen molar-refractivity contribution < 1.29 is 9.90 Å². The molecule has 1 aromatic heterocycles. The highest BCUT2D eigenvalue weighted by Gasteiger charge is 2.18. The van der Waals surface area contributed by atoms with Crippen molar-refractivity contribution in [3.63, 3.8) is 0 Å². The van der Waals surface area contributed by atoms with Gasteiger partial charge in [-0.3, -0.25) is 4.79 Å². The van der Waals surface area contributed by atoms with Crippen molar-refractivity contribution >= 4 is 17.3 Å². The molecule has 0 amide bonds. The van der Waals surface area contributed by atoms with Crippen LogP contribution in [-0.4, -0.2) is 17.6 Å². The van der Waals surface area contributed by atoms with E-state index in [2.05, 4.69) is 37.5 Å². The van der Waals surface area contributed by atoms with Crippen LogP contribution in [0.3, 0.4) is 0 Å². The van der Waals surface area contributed by atoms with Gasteiger partial charge in [0.15, 0.2) is 0 Å². The molecule has 1 atom stereocenters. The topological polar surface area (TPSA) is 49.3 Å². The van der Waals surface area contributed by atoms with Gasteiger partial charge < -0.3 is 10.4 Å². The van der Waals surface area contributed by atoms with E-state index in [1.54, 1.807) is 11.3 Å². The van der Waals surface area contributed by atoms with Crippen molar-refractivity contribution in [1.82, 2.24) is 5.32 Å². The van der Waals surface area contributed by atoms with E-state index in [0.29, 0.717) is 12.5 Å². The maximum absolute atomic E-state index is 11.1. The second-order valence-electron chi connectivity index (χ2n) is 4.80. The lowest BCUT2D eigenvalue weighted by Gasteiger charge is -2.15. The van der Waals surface area contributed by atoms with Gasteiger partial charge in [0.25, 0.3) is 0 Å². The lowest BCUT2D eigenvalue weighted by atomic mass is 9.97. The number of hydrogen-bond acceptors (Lipinski definition) is 3. The summed E-state index contributed by atoms with van der Waals surface area (Å²) in [5.41, 5.74) is 1.27. The minimum atomic E-state index is -0.701. The quantitative estimate of drug-likeness (QED) is 0.787. The maximum atomic E-state index is 11.1. The monoisotopic (exact) mass is 255 g/mol. The summed E-state index contributed by atoms with van der Waals surface area (Å²) in [6, 6.07) is 2.09. The van der Waals surface area contributed by atoms with Crippen LogP contribution in [-0.2, 0) is 11.3 Å². The smallest absolute Gasteiger partial charge is 0.307 e. The summed E-state index contributed by atoms with van der Waals surface area (Å²) in [6.07, 6.45) is 0.727. The number of thiophene rings is 1. The molecule has 0 bridgehead atoms.